The highest BCUT2D eigenvalue weighted by Gasteiger charge is 2.13. The number of nitrogens with two attached hydrogens (primary N) is 1. The minimum absolute atomic E-state index is 0.412. The zero-order valence-electron chi connectivity index (χ0n) is 12.3. The van der Waals surface area contributed by atoms with Crippen molar-refractivity contribution in [2.24, 2.45) is 5.73 Å². The van der Waals surface area contributed by atoms with Crippen molar-refractivity contribution in [3.8, 4) is 0 Å². The van der Waals surface area contributed by atoms with Gasteiger partial charge >= 0.3 is 0 Å². The molecule has 0 aliphatic rings. The lowest BCUT2D eigenvalue weighted by molar-refractivity contribution is 0.834. The molecule has 0 saturated carbocycles. The second-order valence-electron chi connectivity index (χ2n) is 4.83. The quantitative estimate of drug-likeness (QED) is 0.588. The smallest absolute Gasteiger partial charge is 0.187 e. The molecule has 0 radical (unpaired) electrons. The predicted octanol–water partition coefficient (Wildman–Crippen LogP) is 4.76. The summed E-state index contributed by atoms with van der Waals surface area (Å²) in [5.74, 6) is 1.40. The first-order valence-corrected chi connectivity index (χ1v) is 9.08. The summed E-state index contributed by atoms with van der Waals surface area (Å²) in [4.78, 5) is 6.12. The Balaban J connectivity index is 2.34. The zero-order chi connectivity index (χ0) is 15.4. The van der Waals surface area contributed by atoms with Gasteiger partial charge in [0.25, 0.3) is 0 Å². The predicted molar refractivity (Wildman–Crippen MR) is 98.2 cm³/mol. The van der Waals surface area contributed by atoms with Gasteiger partial charge in [0.05, 0.1) is 11.4 Å². The number of thioether (sulfide) groups is 1. The lowest BCUT2D eigenvalue weighted by Gasteiger charge is -2.13. The summed E-state index contributed by atoms with van der Waals surface area (Å²) in [5.41, 5.74) is 8.83. The van der Waals surface area contributed by atoms with Crippen LogP contribution in [-0.2, 0) is 0 Å². The van der Waals surface area contributed by atoms with E-state index in [2.05, 4.69) is 42.5 Å². The highest BCUT2D eigenvalue weighted by molar-refractivity contribution is 7.99. The van der Waals surface area contributed by atoms with Crippen LogP contribution in [0.4, 0.5) is 10.8 Å². The van der Waals surface area contributed by atoms with E-state index in [4.69, 9.17) is 18.0 Å². The Morgan fingerprint density at radius 2 is 2.24 bits per heavy atom. The molecule has 6 heteroatoms. The summed E-state index contributed by atoms with van der Waals surface area (Å²) in [6, 6.07) is 6.05. The lowest BCUT2D eigenvalue weighted by Crippen LogP contribution is -2.13. The standard InChI is InChI=1S/C15H19N3S3/c1-4-20-12-7-5-6-10(13(12)14(16)19)17-15-18-11(8-21-15)9(2)3/h5-9H,4H2,1-3H3,(H2,16,19)(H,17,18). The Kier molecular flexibility index (Phi) is 5.61. The number of hydrogen-bond donors (Lipinski definition) is 2. The van der Waals surface area contributed by atoms with Gasteiger partial charge in [0.15, 0.2) is 5.13 Å². The van der Waals surface area contributed by atoms with Gasteiger partial charge in [-0.05, 0) is 23.8 Å². The molecular formula is C15H19N3S3. The SMILES string of the molecule is CCSc1cccc(Nc2nc(C(C)C)cs2)c1C(N)=S. The maximum Gasteiger partial charge on any atom is 0.187 e. The van der Waals surface area contributed by atoms with Crippen molar-refractivity contribution in [3.05, 3.63) is 34.8 Å². The molecule has 112 valence electrons. The third kappa shape index (κ3) is 3.96. The molecule has 0 unspecified atom stereocenters. The second-order valence-corrected chi connectivity index (χ2v) is 7.44. The maximum atomic E-state index is 5.91. The Morgan fingerprint density at radius 3 is 2.81 bits per heavy atom. The fourth-order valence-corrected chi connectivity index (χ4v) is 3.91. The van der Waals surface area contributed by atoms with E-state index in [1.54, 1.807) is 23.1 Å². The molecule has 0 fully saturated rings. The van der Waals surface area contributed by atoms with Gasteiger partial charge in [-0.1, -0.05) is 39.1 Å². The summed E-state index contributed by atoms with van der Waals surface area (Å²) in [5, 5.41) is 6.31. The number of rotatable bonds is 6. The Hall–Kier alpha value is -1.11. The number of nitrogens with one attached hydrogen (secondary N) is 1. The van der Waals surface area contributed by atoms with Gasteiger partial charge in [-0.2, -0.15) is 0 Å². The van der Waals surface area contributed by atoms with Crippen molar-refractivity contribution in [2.45, 2.75) is 31.6 Å². The number of anilines is 2. The van der Waals surface area contributed by atoms with Gasteiger partial charge < -0.3 is 11.1 Å². The monoisotopic (exact) mass is 337 g/mol. The van der Waals surface area contributed by atoms with E-state index in [1.165, 1.54) is 0 Å². The van der Waals surface area contributed by atoms with Crippen LogP contribution in [0.5, 0.6) is 0 Å². The van der Waals surface area contributed by atoms with E-state index in [-0.39, 0.29) is 0 Å². The van der Waals surface area contributed by atoms with Crippen molar-refractivity contribution in [1.82, 2.24) is 4.98 Å². The van der Waals surface area contributed by atoms with Crippen molar-refractivity contribution < 1.29 is 0 Å². The van der Waals surface area contributed by atoms with Crippen LogP contribution in [0.1, 0.15) is 37.9 Å². The summed E-state index contributed by atoms with van der Waals surface area (Å²) >= 11 is 8.56. The summed E-state index contributed by atoms with van der Waals surface area (Å²) in [6.45, 7) is 6.39. The maximum absolute atomic E-state index is 5.91. The molecule has 3 N–H and O–H groups in total. The van der Waals surface area contributed by atoms with Gasteiger partial charge in [0.2, 0.25) is 0 Å². The number of nitrogens with zero attached hydrogens (tertiary/aromatic N) is 1. The van der Waals surface area contributed by atoms with Crippen LogP contribution in [-0.4, -0.2) is 15.7 Å². The molecule has 2 aromatic rings. The number of hydrogen-bond acceptors (Lipinski definition) is 5. The molecule has 0 atom stereocenters. The van der Waals surface area contributed by atoms with Gasteiger partial charge in [-0.15, -0.1) is 23.1 Å². The summed E-state index contributed by atoms with van der Waals surface area (Å²) in [6.07, 6.45) is 0. The van der Waals surface area contributed by atoms with Crippen LogP contribution in [0.2, 0.25) is 0 Å². The van der Waals surface area contributed by atoms with E-state index < -0.39 is 0 Å². The first kappa shape index (κ1) is 16.3. The van der Waals surface area contributed by atoms with Crippen molar-refractivity contribution in [3.63, 3.8) is 0 Å². The summed E-state index contributed by atoms with van der Waals surface area (Å²) in [7, 11) is 0. The lowest BCUT2D eigenvalue weighted by atomic mass is 10.1. The largest absolute Gasteiger partial charge is 0.389 e. The normalized spacial score (nSPS) is 10.9. The van der Waals surface area contributed by atoms with Crippen LogP contribution in [0, 0.1) is 0 Å². The molecule has 0 spiro atoms. The topological polar surface area (TPSA) is 50.9 Å². The minimum Gasteiger partial charge on any atom is -0.389 e. The van der Waals surface area contributed by atoms with E-state index in [0.29, 0.717) is 10.9 Å². The summed E-state index contributed by atoms with van der Waals surface area (Å²) < 4.78 is 0. The van der Waals surface area contributed by atoms with Crippen LogP contribution >= 0.6 is 35.3 Å². The fourth-order valence-electron chi connectivity index (χ4n) is 1.89. The first-order chi connectivity index (χ1) is 10.0. The molecule has 0 bridgehead atoms. The Labute approximate surface area is 139 Å². The van der Waals surface area contributed by atoms with Gasteiger partial charge in [0.1, 0.15) is 4.99 Å². The molecule has 1 aromatic heterocycles. The van der Waals surface area contributed by atoms with Gasteiger partial charge in [-0.25, -0.2) is 4.98 Å². The third-order valence-electron chi connectivity index (χ3n) is 2.93. The minimum atomic E-state index is 0.412. The Morgan fingerprint density at radius 1 is 1.48 bits per heavy atom. The molecular weight excluding hydrogens is 318 g/mol. The van der Waals surface area contributed by atoms with Crippen molar-refractivity contribution >= 4 is 51.1 Å². The number of benzene rings is 1. The van der Waals surface area contributed by atoms with E-state index >= 15 is 0 Å². The van der Waals surface area contributed by atoms with E-state index in [9.17, 15) is 0 Å². The first-order valence-electron chi connectivity index (χ1n) is 6.81. The molecule has 3 nitrogen and oxygen atoms in total. The highest BCUT2D eigenvalue weighted by Crippen LogP contribution is 2.32. The number of thiazole rings is 1. The third-order valence-corrected chi connectivity index (χ3v) is 4.85. The van der Waals surface area contributed by atoms with E-state index in [0.717, 1.165) is 32.7 Å². The van der Waals surface area contributed by atoms with Crippen molar-refractivity contribution in [1.29, 1.82) is 0 Å². The molecule has 0 amide bonds. The molecule has 21 heavy (non-hydrogen) atoms. The van der Waals surface area contributed by atoms with Crippen molar-refractivity contribution in [2.75, 3.05) is 11.1 Å². The van der Waals surface area contributed by atoms with Crippen LogP contribution in [0.3, 0.4) is 0 Å². The van der Waals surface area contributed by atoms with Gasteiger partial charge in [-0.3, -0.25) is 0 Å². The zero-order valence-corrected chi connectivity index (χ0v) is 14.8. The van der Waals surface area contributed by atoms with Crippen LogP contribution < -0.4 is 11.1 Å². The average molecular weight is 338 g/mol. The van der Waals surface area contributed by atoms with E-state index in [1.807, 2.05) is 12.1 Å². The molecule has 0 aliphatic carbocycles. The average Bonchev–Trinajstić information content (AvgIpc) is 2.87. The number of thiocarbonyl (C=S) groups is 1. The number of aromatic nitrogens is 1. The molecule has 0 saturated heterocycles. The van der Waals surface area contributed by atoms with Gasteiger partial charge in [0, 0.05) is 15.8 Å². The molecule has 1 heterocycles. The van der Waals surface area contributed by atoms with Crippen LogP contribution in [0.25, 0.3) is 0 Å². The second kappa shape index (κ2) is 7.24. The fraction of sp³-hybridized carbons (Fsp3) is 0.333. The molecule has 2 rings (SSSR count). The Bertz CT molecular complexity index is 635. The molecule has 1 aromatic carbocycles. The van der Waals surface area contributed by atoms with Crippen LogP contribution in [0.15, 0.2) is 28.5 Å². The molecule has 0 aliphatic heterocycles. The highest BCUT2D eigenvalue weighted by atomic mass is 32.2.